The molecule has 6 heteroatoms. The van der Waals surface area contributed by atoms with Crippen LogP contribution in [0.15, 0.2) is 60.8 Å². The Morgan fingerprint density at radius 1 is 1.00 bits per heavy atom. The molecule has 0 unspecified atom stereocenters. The SMILES string of the molecule is Cc1cc(F)cc(Nc2ncc(Nc3ccccc3)cc2C(N)=O)c1. The predicted molar refractivity (Wildman–Crippen MR) is 96.9 cm³/mol. The quantitative estimate of drug-likeness (QED) is 0.655. The third-order valence-corrected chi connectivity index (χ3v) is 3.52. The van der Waals surface area contributed by atoms with Crippen LogP contribution in [0.5, 0.6) is 0 Å². The van der Waals surface area contributed by atoms with E-state index in [1.54, 1.807) is 25.3 Å². The van der Waals surface area contributed by atoms with Gasteiger partial charge in [-0.25, -0.2) is 9.37 Å². The Morgan fingerprint density at radius 3 is 2.44 bits per heavy atom. The number of carbonyl (C=O) groups excluding carboxylic acids is 1. The molecule has 0 bridgehead atoms. The molecule has 2 aromatic carbocycles. The summed E-state index contributed by atoms with van der Waals surface area (Å²) in [5.74, 6) is -0.721. The first kappa shape index (κ1) is 16.4. The lowest BCUT2D eigenvalue weighted by atomic mass is 10.2. The molecule has 0 saturated heterocycles. The van der Waals surface area contributed by atoms with Crippen molar-refractivity contribution in [2.75, 3.05) is 10.6 Å². The number of aromatic nitrogens is 1. The van der Waals surface area contributed by atoms with Crippen LogP contribution < -0.4 is 16.4 Å². The number of para-hydroxylation sites is 1. The minimum absolute atomic E-state index is 0.211. The minimum atomic E-state index is -0.625. The van der Waals surface area contributed by atoms with E-state index in [1.165, 1.54) is 12.1 Å². The summed E-state index contributed by atoms with van der Waals surface area (Å²) in [7, 11) is 0. The number of hydrogen-bond acceptors (Lipinski definition) is 4. The molecule has 0 atom stereocenters. The number of nitrogens with one attached hydrogen (secondary N) is 2. The molecule has 3 aromatic rings. The zero-order valence-corrected chi connectivity index (χ0v) is 13.6. The molecule has 126 valence electrons. The van der Waals surface area contributed by atoms with E-state index in [0.29, 0.717) is 11.4 Å². The van der Waals surface area contributed by atoms with Gasteiger partial charge in [-0.05, 0) is 48.9 Å². The molecule has 3 rings (SSSR count). The third kappa shape index (κ3) is 4.11. The molecule has 0 aliphatic carbocycles. The summed E-state index contributed by atoms with van der Waals surface area (Å²) in [6.07, 6.45) is 1.58. The van der Waals surface area contributed by atoms with Gasteiger partial charge in [0.25, 0.3) is 5.91 Å². The summed E-state index contributed by atoms with van der Waals surface area (Å²) in [5.41, 5.74) is 8.42. The second-order valence-corrected chi connectivity index (χ2v) is 5.62. The molecule has 0 spiro atoms. The van der Waals surface area contributed by atoms with Gasteiger partial charge in [-0.1, -0.05) is 18.2 Å². The second-order valence-electron chi connectivity index (χ2n) is 5.62. The van der Waals surface area contributed by atoms with Crippen molar-refractivity contribution in [2.24, 2.45) is 5.73 Å². The van der Waals surface area contributed by atoms with Crippen LogP contribution in [-0.2, 0) is 0 Å². The highest BCUT2D eigenvalue weighted by Crippen LogP contribution is 2.24. The summed E-state index contributed by atoms with van der Waals surface area (Å²) in [5, 5.41) is 6.10. The van der Waals surface area contributed by atoms with Crippen LogP contribution in [0.3, 0.4) is 0 Å². The maximum absolute atomic E-state index is 13.5. The van der Waals surface area contributed by atoms with Crippen molar-refractivity contribution < 1.29 is 9.18 Å². The first-order chi connectivity index (χ1) is 12.0. The Balaban J connectivity index is 1.90. The number of hydrogen-bond donors (Lipinski definition) is 3. The summed E-state index contributed by atoms with van der Waals surface area (Å²) in [6, 6.07) is 15.6. The van der Waals surface area contributed by atoms with Crippen LogP contribution >= 0.6 is 0 Å². The molecule has 1 aromatic heterocycles. The fraction of sp³-hybridized carbons (Fsp3) is 0.0526. The van der Waals surface area contributed by atoms with E-state index in [4.69, 9.17) is 5.73 Å². The number of halogens is 1. The van der Waals surface area contributed by atoms with Crippen LogP contribution in [0, 0.1) is 12.7 Å². The number of anilines is 4. The van der Waals surface area contributed by atoms with Gasteiger partial charge in [0.05, 0.1) is 17.4 Å². The number of carbonyl (C=O) groups is 1. The number of nitrogens with two attached hydrogens (primary N) is 1. The van der Waals surface area contributed by atoms with Crippen molar-refractivity contribution in [3.63, 3.8) is 0 Å². The van der Waals surface area contributed by atoms with Gasteiger partial charge in [0, 0.05) is 11.4 Å². The molecule has 1 amide bonds. The molecule has 4 N–H and O–H groups in total. The largest absolute Gasteiger partial charge is 0.365 e. The summed E-state index contributed by atoms with van der Waals surface area (Å²) < 4.78 is 13.5. The highest BCUT2D eigenvalue weighted by Gasteiger charge is 2.12. The Morgan fingerprint density at radius 2 is 1.76 bits per heavy atom. The van der Waals surface area contributed by atoms with Gasteiger partial charge in [-0.15, -0.1) is 0 Å². The lowest BCUT2D eigenvalue weighted by Gasteiger charge is -2.12. The van der Waals surface area contributed by atoms with Crippen molar-refractivity contribution in [3.8, 4) is 0 Å². The zero-order valence-electron chi connectivity index (χ0n) is 13.6. The Kier molecular flexibility index (Phi) is 4.61. The van der Waals surface area contributed by atoms with Gasteiger partial charge in [0.15, 0.2) is 0 Å². The van der Waals surface area contributed by atoms with Gasteiger partial charge >= 0.3 is 0 Å². The van der Waals surface area contributed by atoms with Crippen LogP contribution in [0.25, 0.3) is 0 Å². The normalized spacial score (nSPS) is 10.3. The van der Waals surface area contributed by atoms with E-state index < -0.39 is 5.91 Å². The number of aryl methyl sites for hydroxylation is 1. The number of primary amides is 1. The number of benzene rings is 2. The van der Waals surface area contributed by atoms with Crippen LogP contribution in [0.4, 0.5) is 27.3 Å². The molecule has 0 radical (unpaired) electrons. The van der Waals surface area contributed by atoms with Gasteiger partial charge in [-0.2, -0.15) is 0 Å². The zero-order chi connectivity index (χ0) is 17.8. The number of pyridine rings is 1. The lowest BCUT2D eigenvalue weighted by molar-refractivity contribution is 0.100. The van der Waals surface area contributed by atoms with E-state index in [1.807, 2.05) is 30.3 Å². The Hall–Kier alpha value is -3.41. The van der Waals surface area contributed by atoms with E-state index >= 15 is 0 Å². The van der Waals surface area contributed by atoms with E-state index in [0.717, 1.165) is 11.3 Å². The first-order valence-corrected chi connectivity index (χ1v) is 7.67. The minimum Gasteiger partial charge on any atom is -0.365 e. The van der Waals surface area contributed by atoms with Crippen molar-refractivity contribution in [1.29, 1.82) is 0 Å². The van der Waals surface area contributed by atoms with Gasteiger partial charge in [-0.3, -0.25) is 4.79 Å². The Bertz CT molecular complexity index is 892. The molecule has 0 fully saturated rings. The van der Waals surface area contributed by atoms with E-state index in [2.05, 4.69) is 15.6 Å². The molecule has 1 heterocycles. The van der Waals surface area contributed by atoms with Crippen LogP contribution in [0.2, 0.25) is 0 Å². The first-order valence-electron chi connectivity index (χ1n) is 7.67. The number of rotatable bonds is 5. The standard InChI is InChI=1S/C19H17FN4O/c1-12-7-13(20)9-15(8-12)24-19-17(18(21)25)10-16(11-22-19)23-14-5-3-2-4-6-14/h2-11,23H,1H3,(H2,21,25)(H,22,24). The van der Waals surface area contributed by atoms with Crippen molar-refractivity contribution >= 4 is 28.8 Å². The summed E-state index contributed by atoms with van der Waals surface area (Å²) >= 11 is 0. The van der Waals surface area contributed by atoms with Crippen molar-refractivity contribution in [1.82, 2.24) is 4.98 Å². The topological polar surface area (TPSA) is 80.0 Å². The maximum atomic E-state index is 13.5. The number of nitrogens with zero attached hydrogens (tertiary/aromatic N) is 1. The van der Waals surface area contributed by atoms with E-state index in [9.17, 15) is 9.18 Å². The molecular formula is C19H17FN4O. The van der Waals surface area contributed by atoms with Crippen molar-refractivity contribution in [3.05, 3.63) is 77.7 Å². The summed E-state index contributed by atoms with van der Waals surface area (Å²) in [4.78, 5) is 16.0. The molecule has 25 heavy (non-hydrogen) atoms. The second kappa shape index (κ2) is 7.00. The number of amides is 1. The van der Waals surface area contributed by atoms with Gasteiger partial charge in [0.2, 0.25) is 0 Å². The fourth-order valence-corrected chi connectivity index (χ4v) is 2.45. The summed E-state index contributed by atoms with van der Waals surface area (Å²) in [6.45, 7) is 1.78. The van der Waals surface area contributed by atoms with Crippen LogP contribution in [-0.4, -0.2) is 10.9 Å². The van der Waals surface area contributed by atoms with Crippen molar-refractivity contribution in [2.45, 2.75) is 6.92 Å². The molecule has 0 saturated carbocycles. The Labute approximate surface area is 144 Å². The molecule has 0 aliphatic heterocycles. The smallest absolute Gasteiger partial charge is 0.252 e. The molecular weight excluding hydrogens is 319 g/mol. The van der Waals surface area contributed by atoms with Gasteiger partial charge in [0.1, 0.15) is 11.6 Å². The van der Waals surface area contributed by atoms with Crippen LogP contribution in [0.1, 0.15) is 15.9 Å². The fourth-order valence-electron chi connectivity index (χ4n) is 2.45. The molecule has 0 aliphatic rings. The van der Waals surface area contributed by atoms with E-state index in [-0.39, 0.29) is 17.2 Å². The van der Waals surface area contributed by atoms with Gasteiger partial charge < -0.3 is 16.4 Å². The highest BCUT2D eigenvalue weighted by molar-refractivity contribution is 5.99. The average molecular weight is 336 g/mol. The predicted octanol–water partition coefficient (Wildman–Crippen LogP) is 4.12. The average Bonchev–Trinajstić information content (AvgIpc) is 2.56. The third-order valence-electron chi connectivity index (χ3n) is 3.52. The maximum Gasteiger partial charge on any atom is 0.252 e. The monoisotopic (exact) mass is 336 g/mol. The molecule has 5 nitrogen and oxygen atoms in total. The lowest BCUT2D eigenvalue weighted by Crippen LogP contribution is -2.15. The highest BCUT2D eigenvalue weighted by atomic mass is 19.1.